The highest BCUT2D eigenvalue weighted by atomic mass is 16.2. The summed E-state index contributed by atoms with van der Waals surface area (Å²) in [4.78, 5) is 46.7. The van der Waals surface area contributed by atoms with Crippen LogP contribution in [0.4, 0.5) is 0 Å². The van der Waals surface area contributed by atoms with E-state index in [1.54, 1.807) is 6.07 Å². The van der Waals surface area contributed by atoms with E-state index in [0.29, 0.717) is 27.6 Å². The summed E-state index contributed by atoms with van der Waals surface area (Å²) in [6.45, 7) is 1.45. The molecule has 0 atom stereocenters. The highest BCUT2D eigenvalue weighted by Gasteiger charge is 2.36. The third kappa shape index (κ3) is 1.93. The number of para-hydroxylation sites is 2. The fourth-order valence-corrected chi connectivity index (χ4v) is 3.10. The zero-order valence-electron chi connectivity index (χ0n) is 13.2. The predicted molar refractivity (Wildman–Crippen MR) is 87.9 cm³/mol. The van der Waals surface area contributed by atoms with Gasteiger partial charge in [0, 0.05) is 19.0 Å². The van der Waals surface area contributed by atoms with Gasteiger partial charge in [0.15, 0.2) is 0 Å². The van der Waals surface area contributed by atoms with E-state index < -0.39 is 5.91 Å². The van der Waals surface area contributed by atoms with Gasteiger partial charge in [-0.15, -0.1) is 0 Å². The van der Waals surface area contributed by atoms with Gasteiger partial charge < -0.3 is 0 Å². The van der Waals surface area contributed by atoms with Crippen LogP contribution in [0.1, 0.15) is 33.2 Å². The van der Waals surface area contributed by atoms with E-state index in [1.165, 1.54) is 14.0 Å². The van der Waals surface area contributed by atoms with Crippen molar-refractivity contribution in [3.05, 3.63) is 47.0 Å². The second kappa shape index (κ2) is 4.92. The average molecular weight is 319 g/mol. The molecule has 6 heteroatoms. The number of amides is 2. The molecular formula is C18H13N3O3. The molecule has 0 saturated heterocycles. The van der Waals surface area contributed by atoms with Crippen molar-refractivity contribution in [2.45, 2.75) is 13.3 Å². The summed E-state index contributed by atoms with van der Waals surface area (Å²) in [5, 5.41) is 0. The summed E-state index contributed by atoms with van der Waals surface area (Å²) in [5.41, 5.74) is 3.43. The van der Waals surface area contributed by atoms with Crippen LogP contribution in [0.5, 0.6) is 0 Å². The Morgan fingerprint density at radius 3 is 2.38 bits per heavy atom. The molecule has 6 nitrogen and oxygen atoms in total. The number of imide groups is 1. The Hall–Kier alpha value is -3.15. The fourth-order valence-electron chi connectivity index (χ4n) is 3.10. The molecule has 0 N–H and O–H groups in total. The summed E-state index contributed by atoms with van der Waals surface area (Å²) < 4.78 is 0. The van der Waals surface area contributed by atoms with Crippen LogP contribution in [0.3, 0.4) is 0 Å². The molecule has 0 spiro atoms. The fraction of sp³-hybridized carbons (Fsp3) is 0.167. The summed E-state index contributed by atoms with van der Waals surface area (Å²) in [6, 6.07) is 8.96. The summed E-state index contributed by atoms with van der Waals surface area (Å²) in [7, 11) is 1.43. The van der Waals surface area contributed by atoms with Crippen LogP contribution in [0.2, 0.25) is 0 Å². The van der Waals surface area contributed by atoms with E-state index in [1.807, 2.05) is 24.3 Å². The summed E-state index contributed by atoms with van der Waals surface area (Å²) >= 11 is 0. The number of hydrogen-bond donors (Lipinski definition) is 0. The van der Waals surface area contributed by atoms with Crippen LogP contribution in [0, 0.1) is 0 Å². The topological polar surface area (TPSA) is 80.2 Å². The van der Waals surface area contributed by atoms with Gasteiger partial charge in [0.1, 0.15) is 5.78 Å². The van der Waals surface area contributed by atoms with Gasteiger partial charge in [0.05, 0.1) is 33.2 Å². The molecule has 2 aromatic carbocycles. The second-order valence-corrected chi connectivity index (χ2v) is 5.91. The summed E-state index contributed by atoms with van der Waals surface area (Å²) in [6.07, 6.45) is 0.0412. The first kappa shape index (κ1) is 14.4. The zero-order valence-corrected chi connectivity index (χ0v) is 13.2. The number of aromatic nitrogens is 2. The van der Waals surface area contributed by atoms with E-state index in [0.717, 1.165) is 4.90 Å². The van der Waals surface area contributed by atoms with Crippen LogP contribution in [0.25, 0.3) is 22.1 Å². The van der Waals surface area contributed by atoms with Gasteiger partial charge in [-0.25, -0.2) is 9.97 Å². The lowest BCUT2D eigenvalue weighted by atomic mass is 9.96. The van der Waals surface area contributed by atoms with Gasteiger partial charge in [0.25, 0.3) is 11.8 Å². The number of carbonyl (C=O) groups excluding carboxylic acids is 3. The molecule has 1 aliphatic heterocycles. The Morgan fingerprint density at radius 1 is 1.04 bits per heavy atom. The number of Topliss-reactive ketones (excluding diaryl/α,β-unsaturated/α-hetero) is 1. The lowest BCUT2D eigenvalue weighted by Gasteiger charge is -2.09. The van der Waals surface area contributed by atoms with E-state index in [-0.39, 0.29) is 29.2 Å². The molecule has 0 aliphatic carbocycles. The van der Waals surface area contributed by atoms with Gasteiger partial charge in [0.2, 0.25) is 0 Å². The van der Waals surface area contributed by atoms with Crippen molar-refractivity contribution in [3.63, 3.8) is 0 Å². The van der Waals surface area contributed by atoms with E-state index in [9.17, 15) is 14.4 Å². The Bertz CT molecular complexity index is 1070. The lowest BCUT2D eigenvalue weighted by Crippen LogP contribution is -2.24. The van der Waals surface area contributed by atoms with Crippen molar-refractivity contribution < 1.29 is 14.4 Å². The number of rotatable bonds is 2. The molecule has 0 radical (unpaired) electrons. The first-order valence-electron chi connectivity index (χ1n) is 7.51. The van der Waals surface area contributed by atoms with Crippen molar-refractivity contribution >= 4 is 39.7 Å². The number of fused-ring (bicyclic) bond motifs is 3. The SMILES string of the molecule is CC(=O)Cc1c2c(cc3nc4ccccc4nc13)C(=O)N(C)C2=O. The van der Waals surface area contributed by atoms with Crippen LogP contribution in [-0.4, -0.2) is 39.5 Å². The van der Waals surface area contributed by atoms with Crippen molar-refractivity contribution in [2.75, 3.05) is 7.05 Å². The molecular weight excluding hydrogens is 306 g/mol. The minimum Gasteiger partial charge on any atom is -0.300 e. The van der Waals surface area contributed by atoms with Crippen LogP contribution >= 0.6 is 0 Å². The molecule has 0 bridgehead atoms. The first-order chi connectivity index (χ1) is 11.5. The van der Waals surface area contributed by atoms with Crippen LogP contribution in [0.15, 0.2) is 30.3 Å². The van der Waals surface area contributed by atoms with E-state index >= 15 is 0 Å². The van der Waals surface area contributed by atoms with Gasteiger partial charge >= 0.3 is 0 Å². The number of ketones is 1. The Morgan fingerprint density at radius 2 is 1.71 bits per heavy atom. The number of hydrogen-bond acceptors (Lipinski definition) is 5. The van der Waals surface area contributed by atoms with Gasteiger partial charge in [-0.3, -0.25) is 19.3 Å². The molecule has 118 valence electrons. The minimum atomic E-state index is -0.400. The maximum absolute atomic E-state index is 12.5. The van der Waals surface area contributed by atoms with Gasteiger partial charge in [-0.05, 0) is 25.1 Å². The lowest BCUT2D eigenvalue weighted by molar-refractivity contribution is -0.116. The Labute approximate surface area is 137 Å². The second-order valence-electron chi connectivity index (χ2n) is 5.91. The zero-order chi connectivity index (χ0) is 17.0. The molecule has 1 aliphatic rings. The monoisotopic (exact) mass is 319 g/mol. The molecule has 2 heterocycles. The maximum atomic E-state index is 12.5. The molecule has 4 rings (SSSR count). The first-order valence-corrected chi connectivity index (χ1v) is 7.51. The maximum Gasteiger partial charge on any atom is 0.261 e. The minimum absolute atomic E-state index is 0.0412. The molecule has 24 heavy (non-hydrogen) atoms. The van der Waals surface area contributed by atoms with Crippen molar-refractivity contribution in [1.82, 2.24) is 14.9 Å². The quantitative estimate of drug-likeness (QED) is 0.534. The third-order valence-electron chi connectivity index (χ3n) is 4.21. The van der Waals surface area contributed by atoms with Crippen molar-refractivity contribution in [3.8, 4) is 0 Å². The van der Waals surface area contributed by atoms with Crippen molar-refractivity contribution in [1.29, 1.82) is 0 Å². The highest BCUT2D eigenvalue weighted by Crippen LogP contribution is 2.31. The van der Waals surface area contributed by atoms with Crippen molar-refractivity contribution in [2.24, 2.45) is 0 Å². The average Bonchev–Trinajstić information content (AvgIpc) is 2.77. The molecule has 3 aromatic rings. The number of benzene rings is 2. The van der Waals surface area contributed by atoms with Gasteiger partial charge in [-0.2, -0.15) is 0 Å². The predicted octanol–water partition coefficient (Wildman–Crippen LogP) is 2.14. The van der Waals surface area contributed by atoms with E-state index in [4.69, 9.17) is 0 Å². The van der Waals surface area contributed by atoms with E-state index in [2.05, 4.69) is 9.97 Å². The normalized spacial score (nSPS) is 13.8. The largest absolute Gasteiger partial charge is 0.300 e. The third-order valence-corrected chi connectivity index (χ3v) is 4.21. The molecule has 2 amide bonds. The van der Waals surface area contributed by atoms with Gasteiger partial charge in [-0.1, -0.05) is 12.1 Å². The number of nitrogens with zero attached hydrogens (tertiary/aromatic N) is 3. The molecule has 1 aromatic heterocycles. The Kier molecular flexibility index (Phi) is 2.96. The standard InChI is InChI=1S/C18H13N3O3/c1-9(22)7-10-15-11(17(23)21(2)18(15)24)8-14-16(10)20-13-6-4-3-5-12(13)19-14/h3-6,8H,7H2,1-2H3. The molecule has 0 saturated carbocycles. The summed E-state index contributed by atoms with van der Waals surface area (Å²) in [5.74, 6) is -0.880. The highest BCUT2D eigenvalue weighted by molar-refractivity contribution is 6.24. The van der Waals surface area contributed by atoms with Crippen LogP contribution in [-0.2, 0) is 11.2 Å². The smallest absolute Gasteiger partial charge is 0.261 e. The number of carbonyl (C=O) groups is 3. The van der Waals surface area contributed by atoms with Crippen LogP contribution < -0.4 is 0 Å². The molecule has 0 fully saturated rings. The Balaban J connectivity index is 2.15. The molecule has 0 unspecified atom stereocenters.